The van der Waals surface area contributed by atoms with Gasteiger partial charge in [0.05, 0.1) is 36.5 Å². The summed E-state index contributed by atoms with van der Waals surface area (Å²) in [6.45, 7) is 6.64. The molecule has 0 saturated heterocycles. The fraction of sp³-hybridized carbons (Fsp3) is 0.381. The molecule has 0 atom stereocenters. The van der Waals surface area contributed by atoms with E-state index >= 15 is 0 Å². The van der Waals surface area contributed by atoms with Gasteiger partial charge in [-0.15, -0.1) is 0 Å². The van der Waals surface area contributed by atoms with E-state index in [0.717, 1.165) is 59.1 Å². The topological polar surface area (TPSA) is 108 Å². The Hall–Kier alpha value is -5.59. The van der Waals surface area contributed by atoms with Gasteiger partial charge in [0.25, 0.3) is 5.91 Å². The second-order valence-corrected chi connectivity index (χ2v) is 15.2. The van der Waals surface area contributed by atoms with Crippen molar-refractivity contribution in [1.29, 1.82) is 0 Å². The highest BCUT2D eigenvalue weighted by atomic mass is 19.2. The van der Waals surface area contributed by atoms with E-state index in [-0.39, 0.29) is 31.2 Å². The van der Waals surface area contributed by atoms with Crippen LogP contribution in [-0.2, 0) is 24.3 Å². The average molecular weight is 756 g/mol. The molecule has 1 saturated carbocycles. The van der Waals surface area contributed by atoms with Crippen LogP contribution in [0.25, 0.3) is 22.2 Å². The van der Waals surface area contributed by atoms with Gasteiger partial charge in [-0.3, -0.25) is 14.5 Å². The first-order valence-corrected chi connectivity index (χ1v) is 18.5. The van der Waals surface area contributed by atoms with Crippen LogP contribution in [0.4, 0.5) is 18.0 Å². The Bertz CT molecular complexity index is 2210. The van der Waals surface area contributed by atoms with Gasteiger partial charge in [0, 0.05) is 42.4 Å². The lowest BCUT2D eigenvalue weighted by atomic mass is 9.86. The molecule has 2 amide bonds. The van der Waals surface area contributed by atoms with Crippen molar-refractivity contribution in [3.8, 4) is 22.8 Å². The molecule has 0 unspecified atom stereocenters. The number of fused-ring (bicyclic) bond motifs is 2. The molecule has 55 heavy (non-hydrogen) atoms. The molecule has 288 valence electrons. The van der Waals surface area contributed by atoms with Crippen LogP contribution in [0.15, 0.2) is 66.9 Å². The number of methoxy groups -OCH3 is 1. The fourth-order valence-corrected chi connectivity index (χ4v) is 7.14. The molecule has 1 aliphatic carbocycles. The maximum absolute atomic E-state index is 14.9. The molecule has 10 nitrogen and oxygen atoms in total. The number of rotatable bonds is 9. The third kappa shape index (κ3) is 8.55. The number of benzene rings is 3. The summed E-state index contributed by atoms with van der Waals surface area (Å²) in [6.07, 6.45) is 5.61. The summed E-state index contributed by atoms with van der Waals surface area (Å²) in [4.78, 5) is 32.1. The molecular formula is C42H44F3N5O5. The number of amides is 2. The number of carbonyl (C=O) groups excluding carboxylic acids is 2. The monoisotopic (exact) mass is 755 g/mol. The molecule has 2 aliphatic rings. The highest BCUT2D eigenvalue weighted by Gasteiger charge is 2.28. The summed E-state index contributed by atoms with van der Waals surface area (Å²) in [5.74, 6) is -5.22. The standard InChI is InChI=1S/C42H44F3N5O5/c1-42(2,3)55-41(52)49-18-17-35-28(22-49)11-16-34(47-35)27-9-10-29-23-50(48-36(29)19-27)30-12-5-25(6-13-30)21-46-40(51)32-20-33(43)39(38(45)37(32)44)54-24-26-7-14-31(53-4)15-8-26/h7-11,14-16,19-20,23,25,30H,5-6,12-13,17-18,21-22,24H2,1-4H3,(H,46,51)/t25-,30-. The summed E-state index contributed by atoms with van der Waals surface area (Å²) in [7, 11) is 1.52. The van der Waals surface area contributed by atoms with Crippen molar-refractivity contribution in [1.82, 2.24) is 25.0 Å². The second-order valence-electron chi connectivity index (χ2n) is 15.2. The lowest BCUT2D eigenvalue weighted by Gasteiger charge is -2.31. The summed E-state index contributed by atoms with van der Waals surface area (Å²) in [6, 6.07) is 17.6. The molecule has 1 N–H and O–H groups in total. The van der Waals surface area contributed by atoms with Crippen molar-refractivity contribution < 1.29 is 37.0 Å². The largest absolute Gasteiger partial charge is 0.497 e. The zero-order valence-electron chi connectivity index (χ0n) is 31.3. The highest BCUT2D eigenvalue weighted by Crippen LogP contribution is 2.34. The zero-order chi connectivity index (χ0) is 38.9. The van der Waals surface area contributed by atoms with E-state index in [4.69, 9.17) is 24.3 Å². The predicted octanol–water partition coefficient (Wildman–Crippen LogP) is 8.56. The number of hydrogen-bond acceptors (Lipinski definition) is 7. The first kappa shape index (κ1) is 37.7. The van der Waals surface area contributed by atoms with E-state index in [1.54, 1.807) is 29.2 Å². The molecule has 3 heterocycles. The van der Waals surface area contributed by atoms with Gasteiger partial charge in [-0.1, -0.05) is 30.3 Å². The Morgan fingerprint density at radius 2 is 1.71 bits per heavy atom. The normalized spacial score (nSPS) is 17.1. The van der Waals surface area contributed by atoms with E-state index in [2.05, 4.69) is 5.32 Å². The Balaban J connectivity index is 0.921. The van der Waals surface area contributed by atoms with Gasteiger partial charge >= 0.3 is 6.09 Å². The Morgan fingerprint density at radius 1 is 0.945 bits per heavy atom. The van der Waals surface area contributed by atoms with Crippen LogP contribution in [0.1, 0.15) is 79.7 Å². The van der Waals surface area contributed by atoms with Crippen LogP contribution in [0.2, 0.25) is 0 Å². The van der Waals surface area contributed by atoms with E-state index in [1.807, 2.05) is 62.0 Å². The van der Waals surface area contributed by atoms with Gasteiger partial charge in [-0.2, -0.15) is 9.49 Å². The molecule has 0 bridgehead atoms. The number of aromatic nitrogens is 3. The van der Waals surface area contributed by atoms with Gasteiger partial charge in [-0.25, -0.2) is 13.6 Å². The number of halogens is 3. The molecule has 0 spiro atoms. The summed E-state index contributed by atoms with van der Waals surface area (Å²) >= 11 is 0. The van der Waals surface area contributed by atoms with Crippen molar-refractivity contribution in [2.45, 2.75) is 77.7 Å². The van der Waals surface area contributed by atoms with Gasteiger partial charge in [0.2, 0.25) is 5.82 Å². The van der Waals surface area contributed by atoms with Crippen molar-refractivity contribution >= 4 is 22.9 Å². The molecule has 2 aromatic heterocycles. The van der Waals surface area contributed by atoms with Gasteiger partial charge in [0.15, 0.2) is 17.4 Å². The molecule has 1 aliphatic heterocycles. The molecule has 7 rings (SSSR count). The number of nitrogens with zero attached hydrogens (tertiary/aromatic N) is 4. The van der Waals surface area contributed by atoms with E-state index in [1.165, 1.54) is 7.11 Å². The van der Waals surface area contributed by atoms with Crippen molar-refractivity contribution in [3.63, 3.8) is 0 Å². The summed E-state index contributed by atoms with van der Waals surface area (Å²) in [5.41, 5.74) is 4.00. The molecule has 5 aromatic rings. The third-order valence-corrected chi connectivity index (χ3v) is 10.2. The Kier molecular flexibility index (Phi) is 10.7. The predicted molar refractivity (Wildman–Crippen MR) is 200 cm³/mol. The maximum atomic E-state index is 14.9. The molecular weight excluding hydrogens is 711 g/mol. The number of nitrogens with one attached hydrogen (secondary N) is 1. The lowest BCUT2D eigenvalue weighted by Crippen LogP contribution is -2.40. The van der Waals surface area contributed by atoms with E-state index in [0.29, 0.717) is 36.9 Å². The minimum absolute atomic E-state index is 0.118. The van der Waals surface area contributed by atoms with Crippen LogP contribution in [0, 0.1) is 23.4 Å². The first-order chi connectivity index (χ1) is 26.3. The van der Waals surface area contributed by atoms with Crippen LogP contribution in [-0.4, -0.2) is 57.5 Å². The fourth-order valence-electron chi connectivity index (χ4n) is 7.14. The quantitative estimate of drug-likeness (QED) is 0.150. The maximum Gasteiger partial charge on any atom is 0.410 e. The molecule has 3 aromatic carbocycles. The van der Waals surface area contributed by atoms with Crippen molar-refractivity contribution in [3.05, 3.63) is 107 Å². The van der Waals surface area contributed by atoms with E-state index < -0.39 is 40.3 Å². The van der Waals surface area contributed by atoms with Gasteiger partial charge in [0.1, 0.15) is 18.0 Å². The van der Waals surface area contributed by atoms with Crippen molar-refractivity contribution in [2.24, 2.45) is 5.92 Å². The molecule has 13 heteroatoms. The average Bonchev–Trinajstić information content (AvgIpc) is 3.61. The van der Waals surface area contributed by atoms with Gasteiger partial charge in [-0.05, 0) is 93.8 Å². The number of pyridine rings is 1. The van der Waals surface area contributed by atoms with Crippen molar-refractivity contribution in [2.75, 3.05) is 20.2 Å². The van der Waals surface area contributed by atoms with E-state index in [9.17, 15) is 22.8 Å². The third-order valence-electron chi connectivity index (χ3n) is 10.2. The lowest BCUT2D eigenvalue weighted by molar-refractivity contribution is 0.0222. The minimum Gasteiger partial charge on any atom is -0.497 e. The smallest absolute Gasteiger partial charge is 0.410 e. The molecule has 1 fully saturated rings. The Labute approximate surface area is 317 Å². The minimum atomic E-state index is -1.55. The first-order valence-electron chi connectivity index (χ1n) is 18.5. The molecule has 0 radical (unpaired) electrons. The zero-order valence-corrected chi connectivity index (χ0v) is 31.3. The summed E-state index contributed by atoms with van der Waals surface area (Å²) < 4.78 is 62.5. The SMILES string of the molecule is COc1ccc(COc2c(F)cc(C(=O)NC[C@H]3CC[C@H](n4cc5ccc(-c6ccc7c(n6)CCN(C(=O)OC(C)(C)C)C7)cc5n4)CC3)c(F)c2F)cc1. The summed E-state index contributed by atoms with van der Waals surface area (Å²) in [5, 5.41) is 8.60. The number of hydrogen-bond donors (Lipinski definition) is 1. The highest BCUT2D eigenvalue weighted by molar-refractivity contribution is 5.94. The van der Waals surface area contributed by atoms with Crippen LogP contribution in [0.5, 0.6) is 11.5 Å². The number of ether oxygens (including phenoxy) is 3. The van der Waals surface area contributed by atoms with Gasteiger partial charge < -0.3 is 24.4 Å². The number of carbonyl (C=O) groups is 2. The van der Waals surface area contributed by atoms with Crippen LogP contribution >= 0.6 is 0 Å². The Morgan fingerprint density at radius 3 is 2.44 bits per heavy atom. The van der Waals surface area contributed by atoms with Crippen LogP contribution in [0.3, 0.4) is 0 Å². The van der Waals surface area contributed by atoms with Crippen LogP contribution < -0.4 is 14.8 Å². The second kappa shape index (κ2) is 15.6.